The van der Waals surface area contributed by atoms with Crippen molar-refractivity contribution in [3.63, 3.8) is 0 Å². The van der Waals surface area contributed by atoms with Crippen LogP contribution in [0.3, 0.4) is 0 Å². The van der Waals surface area contributed by atoms with Crippen LogP contribution < -0.4 is 0 Å². The second kappa shape index (κ2) is 4.46. The summed E-state index contributed by atoms with van der Waals surface area (Å²) in [6.07, 6.45) is 1.98. The minimum atomic E-state index is -0.306. The van der Waals surface area contributed by atoms with Crippen molar-refractivity contribution in [3.8, 4) is 0 Å². The Bertz CT molecular complexity index is 445. The number of carbonyl (C=O) groups is 1. The van der Waals surface area contributed by atoms with Gasteiger partial charge >= 0.3 is 0 Å². The molecule has 0 saturated carbocycles. The summed E-state index contributed by atoms with van der Waals surface area (Å²) in [6.45, 7) is 6.66. The minimum absolute atomic E-state index is 0.0787. The van der Waals surface area contributed by atoms with Crippen LogP contribution in [0.2, 0.25) is 0 Å². The van der Waals surface area contributed by atoms with Gasteiger partial charge in [0.15, 0.2) is 5.78 Å². The predicted octanol–water partition coefficient (Wildman–Crippen LogP) is 3.24. The maximum atomic E-state index is 12.2. The Balaban J connectivity index is 2.24. The maximum Gasteiger partial charge on any atom is 0.191 e. The molecule has 2 rings (SSSR count). The van der Waals surface area contributed by atoms with E-state index in [1.54, 1.807) is 0 Å². The van der Waals surface area contributed by atoms with Gasteiger partial charge < -0.3 is 4.74 Å². The Morgan fingerprint density at radius 2 is 1.94 bits per heavy atom. The second-order valence-electron chi connectivity index (χ2n) is 4.99. The lowest BCUT2D eigenvalue weighted by Crippen LogP contribution is -2.28. The summed E-state index contributed by atoms with van der Waals surface area (Å²) in [5, 5.41) is 0. The van der Waals surface area contributed by atoms with Gasteiger partial charge in [-0.25, -0.2) is 0 Å². The van der Waals surface area contributed by atoms with Crippen molar-refractivity contribution in [1.82, 2.24) is 0 Å². The van der Waals surface area contributed by atoms with E-state index < -0.39 is 0 Å². The number of benzene rings is 1. The van der Waals surface area contributed by atoms with Gasteiger partial charge in [-0.05, 0) is 18.9 Å². The molecule has 0 bridgehead atoms. The fourth-order valence-corrected chi connectivity index (χ4v) is 1.90. The van der Waals surface area contributed by atoms with Crippen LogP contribution in [-0.4, -0.2) is 18.0 Å². The molecule has 0 aliphatic carbocycles. The zero-order chi connectivity index (χ0) is 12.5. The summed E-state index contributed by atoms with van der Waals surface area (Å²) < 4.78 is 5.74. The molecule has 1 atom stereocenters. The molecule has 0 saturated heterocycles. The molecule has 0 radical (unpaired) electrons. The highest BCUT2D eigenvalue weighted by atomic mass is 16.5. The van der Waals surface area contributed by atoms with Crippen LogP contribution in [-0.2, 0) is 4.74 Å². The summed E-state index contributed by atoms with van der Waals surface area (Å²) in [4.78, 5) is 12.2. The molecular weight excluding hydrogens is 212 g/mol. The van der Waals surface area contributed by atoms with Crippen molar-refractivity contribution in [2.75, 3.05) is 6.61 Å². The molecule has 0 N–H and O–H groups in total. The zero-order valence-electron chi connectivity index (χ0n) is 10.6. The number of ether oxygens (including phenoxy) is 1. The molecule has 1 unspecified atom stereocenters. The first kappa shape index (κ1) is 12.1. The number of rotatable bonds is 3. The zero-order valence-corrected chi connectivity index (χ0v) is 10.6. The Hall–Kier alpha value is -1.41. The summed E-state index contributed by atoms with van der Waals surface area (Å²) in [5.74, 6) is 0.443. The average molecular weight is 230 g/mol. The van der Waals surface area contributed by atoms with E-state index in [9.17, 15) is 4.79 Å². The van der Waals surface area contributed by atoms with Crippen molar-refractivity contribution < 1.29 is 9.53 Å². The van der Waals surface area contributed by atoms with Gasteiger partial charge in [0.1, 0.15) is 0 Å². The predicted molar refractivity (Wildman–Crippen MR) is 68.1 cm³/mol. The quantitative estimate of drug-likeness (QED) is 0.745. The van der Waals surface area contributed by atoms with E-state index in [0.29, 0.717) is 12.5 Å². The van der Waals surface area contributed by atoms with Gasteiger partial charge in [-0.15, -0.1) is 0 Å². The topological polar surface area (TPSA) is 26.3 Å². The lowest BCUT2D eigenvalue weighted by atomic mass is 9.91. The van der Waals surface area contributed by atoms with Crippen LogP contribution in [0, 0.1) is 5.92 Å². The molecule has 1 heterocycles. The molecule has 0 amide bonds. The van der Waals surface area contributed by atoms with Gasteiger partial charge in [-0.2, -0.15) is 0 Å². The third-order valence-corrected chi connectivity index (χ3v) is 3.47. The molecule has 17 heavy (non-hydrogen) atoms. The molecule has 2 nitrogen and oxygen atoms in total. The SMILES string of the molecule is CC(C)C1(C)C=C(C(=O)c2ccccc2)CO1. The third-order valence-electron chi connectivity index (χ3n) is 3.47. The highest BCUT2D eigenvalue weighted by Gasteiger charge is 2.34. The average Bonchev–Trinajstić information content (AvgIpc) is 2.74. The van der Waals surface area contributed by atoms with Crippen LogP contribution in [0.4, 0.5) is 0 Å². The second-order valence-corrected chi connectivity index (χ2v) is 4.99. The smallest absolute Gasteiger partial charge is 0.191 e. The summed E-state index contributed by atoms with van der Waals surface area (Å²) in [7, 11) is 0. The fraction of sp³-hybridized carbons (Fsp3) is 0.400. The molecule has 1 aliphatic heterocycles. The first-order valence-electron chi connectivity index (χ1n) is 5.98. The Labute approximate surface area is 102 Å². The normalized spacial score (nSPS) is 23.9. The standard InChI is InChI=1S/C15H18O2/c1-11(2)15(3)9-13(10-17-15)14(16)12-7-5-4-6-8-12/h4-9,11H,10H2,1-3H3. The van der Waals surface area contributed by atoms with Gasteiger partial charge in [0.05, 0.1) is 12.2 Å². The number of hydrogen-bond donors (Lipinski definition) is 0. The van der Waals surface area contributed by atoms with Gasteiger partial charge in [0, 0.05) is 11.1 Å². The van der Waals surface area contributed by atoms with Crippen molar-refractivity contribution >= 4 is 5.78 Å². The Kier molecular flexibility index (Phi) is 3.16. The molecular formula is C15H18O2. The van der Waals surface area contributed by atoms with Crippen LogP contribution in [0.15, 0.2) is 42.0 Å². The summed E-state index contributed by atoms with van der Waals surface area (Å²) in [6, 6.07) is 9.35. The van der Waals surface area contributed by atoms with E-state index in [0.717, 1.165) is 11.1 Å². The number of carbonyl (C=O) groups excluding carboxylic acids is 1. The van der Waals surface area contributed by atoms with Crippen molar-refractivity contribution in [2.45, 2.75) is 26.4 Å². The van der Waals surface area contributed by atoms with Crippen LogP contribution in [0.5, 0.6) is 0 Å². The molecule has 1 aromatic carbocycles. The van der Waals surface area contributed by atoms with Gasteiger partial charge in [0.2, 0.25) is 0 Å². The van der Waals surface area contributed by atoms with E-state index in [1.807, 2.05) is 43.3 Å². The van der Waals surface area contributed by atoms with E-state index in [2.05, 4.69) is 13.8 Å². The van der Waals surface area contributed by atoms with E-state index in [1.165, 1.54) is 0 Å². The molecule has 0 fully saturated rings. The first-order valence-corrected chi connectivity index (χ1v) is 5.98. The number of Topliss-reactive ketones (excluding diaryl/α,β-unsaturated/α-hetero) is 1. The summed E-state index contributed by atoms with van der Waals surface area (Å²) in [5.41, 5.74) is 1.20. The highest BCUT2D eigenvalue weighted by molar-refractivity contribution is 6.09. The number of ketones is 1. The van der Waals surface area contributed by atoms with Crippen molar-refractivity contribution in [1.29, 1.82) is 0 Å². The molecule has 0 aromatic heterocycles. The van der Waals surface area contributed by atoms with E-state index in [4.69, 9.17) is 4.74 Å². The highest BCUT2D eigenvalue weighted by Crippen LogP contribution is 2.31. The van der Waals surface area contributed by atoms with Crippen LogP contribution in [0.1, 0.15) is 31.1 Å². The molecule has 0 spiro atoms. The Morgan fingerprint density at radius 1 is 1.29 bits per heavy atom. The van der Waals surface area contributed by atoms with Crippen LogP contribution in [0.25, 0.3) is 0 Å². The third kappa shape index (κ3) is 2.32. The molecule has 1 aliphatic rings. The monoisotopic (exact) mass is 230 g/mol. The minimum Gasteiger partial charge on any atom is -0.366 e. The van der Waals surface area contributed by atoms with Gasteiger partial charge in [-0.3, -0.25) is 4.79 Å². The fourth-order valence-electron chi connectivity index (χ4n) is 1.90. The molecule has 90 valence electrons. The van der Waals surface area contributed by atoms with Crippen LogP contribution >= 0.6 is 0 Å². The molecule has 1 aromatic rings. The lowest BCUT2D eigenvalue weighted by Gasteiger charge is -2.25. The number of hydrogen-bond acceptors (Lipinski definition) is 2. The lowest BCUT2D eigenvalue weighted by molar-refractivity contribution is 0.00379. The van der Waals surface area contributed by atoms with Crippen molar-refractivity contribution in [3.05, 3.63) is 47.5 Å². The van der Waals surface area contributed by atoms with Gasteiger partial charge in [0.25, 0.3) is 0 Å². The Morgan fingerprint density at radius 3 is 2.47 bits per heavy atom. The van der Waals surface area contributed by atoms with Gasteiger partial charge in [-0.1, -0.05) is 44.2 Å². The summed E-state index contributed by atoms with van der Waals surface area (Å²) >= 11 is 0. The largest absolute Gasteiger partial charge is 0.366 e. The first-order chi connectivity index (χ1) is 8.03. The van der Waals surface area contributed by atoms with E-state index >= 15 is 0 Å². The van der Waals surface area contributed by atoms with E-state index in [-0.39, 0.29) is 11.4 Å². The molecule has 2 heteroatoms. The van der Waals surface area contributed by atoms with Crippen molar-refractivity contribution in [2.24, 2.45) is 5.92 Å². The maximum absolute atomic E-state index is 12.2.